The third kappa shape index (κ3) is 5.41. The predicted molar refractivity (Wildman–Crippen MR) is 98.4 cm³/mol. The zero-order chi connectivity index (χ0) is 17.5. The summed E-state index contributed by atoms with van der Waals surface area (Å²) in [5, 5.41) is 5.57. The Morgan fingerprint density at radius 1 is 1.12 bits per heavy atom. The van der Waals surface area contributed by atoms with Crippen molar-refractivity contribution in [2.75, 3.05) is 6.61 Å². The molecule has 0 aromatic heterocycles. The molecule has 126 valence electrons. The monoisotopic (exact) mass is 384 g/mol. The molecular weight excluding hydrogens is 371 g/mol. The van der Waals surface area contributed by atoms with Crippen molar-refractivity contribution in [1.82, 2.24) is 5.43 Å². The molecule has 1 amide bonds. The first-order chi connectivity index (χ1) is 11.5. The average Bonchev–Trinajstić information content (AvgIpc) is 2.54. The zero-order valence-corrected chi connectivity index (χ0v) is 15.1. The van der Waals surface area contributed by atoms with Gasteiger partial charge in [0.25, 0.3) is 5.91 Å². The van der Waals surface area contributed by atoms with Gasteiger partial charge in [0, 0.05) is 10.0 Å². The van der Waals surface area contributed by atoms with Gasteiger partial charge in [0.05, 0.1) is 10.7 Å². The summed E-state index contributed by atoms with van der Waals surface area (Å²) in [5.74, 6) is -0.0141. The highest BCUT2D eigenvalue weighted by atomic mass is 35.5. The summed E-state index contributed by atoms with van der Waals surface area (Å²) in [6.07, 6.45) is 0.643. The molecule has 0 atom stereocenters. The molecule has 0 aliphatic heterocycles. The van der Waals surface area contributed by atoms with E-state index >= 15 is 0 Å². The van der Waals surface area contributed by atoms with Gasteiger partial charge in [-0.15, -0.1) is 0 Å². The number of hydrogen-bond donors (Lipinski definition) is 1. The number of nitrogens with one attached hydrogen (secondary N) is 1. The van der Waals surface area contributed by atoms with E-state index in [1.54, 1.807) is 30.3 Å². The Morgan fingerprint density at radius 3 is 2.54 bits per heavy atom. The molecule has 1 N–H and O–H groups in total. The Labute approximate surface area is 155 Å². The average molecular weight is 386 g/mol. The summed E-state index contributed by atoms with van der Waals surface area (Å²) < 4.78 is 5.35. The van der Waals surface area contributed by atoms with Gasteiger partial charge < -0.3 is 4.74 Å². The fourth-order valence-electron chi connectivity index (χ4n) is 1.91. The Kier molecular flexibility index (Phi) is 6.91. The molecule has 2 aromatic rings. The third-order valence-corrected chi connectivity index (χ3v) is 3.83. The highest BCUT2D eigenvalue weighted by Gasteiger charge is 2.07. The molecule has 0 saturated heterocycles. The minimum atomic E-state index is -0.394. The van der Waals surface area contributed by atoms with Gasteiger partial charge >= 0.3 is 0 Å². The van der Waals surface area contributed by atoms with Crippen LogP contribution in [0.1, 0.15) is 18.9 Å². The fraction of sp³-hybridized carbons (Fsp3) is 0.176. The number of ether oxygens (including phenoxy) is 1. The topological polar surface area (TPSA) is 50.7 Å². The summed E-state index contributed by atoms with van der Waals surface area (Å²) >= 11 is 17.7. The standard InChI is InChI=1S/C17H15Cl3N2O2/c1-2-15(11-4-3-5-12(18)8-11)21-22-17(23)10-24-16-7-6-13(19)9-14(16)20/h3-9H,2,10H2,1H3,(H,22,23)/b21-15+. The lowest BCUT2D eigenvalue weighted by atomic mass is 10.1. The van der Waals surface area contributed by atoms with Gasteiger partial charge in [0.15, 0.2) is 6.61 Å². The van der Waals surface area contributed by atoms with Crippen molar-refractivity contribution in [3.63, 3.8) is 0 Å². The van der Waals surface area contributed by atoms with Crippen LogP contribution < -0.4 is 10.2 Å². The molecule has 0 unspecified atom stereocenters. The second-order valence-corrected chi connectivity index (χ2v) is 6.10. The van der Waals surface area contributed by atoms with Crippen molar-refractivity contribution in [3.8, 4) is 5.75 Å². The van der Waals surface area contributed by atoms with E-state index in [4.69, 9.17) is 39.5 Å². The second-order valence-electron chi connectivity index (χ2n) is 4.82. The number of carbonyl (C=O) groups excluding carboxylic acids is 1. The largest absolute Gasteiger partial charge is 0.482 e. The summed E-state index contributed by atoms with van der Waals surface area (Å²) in [4.78, 5) is 11.9. The van der Waals surface area contributed by atoms with E-state index in [-0.39, 0.29) is 6.61 Å². The van der Waals surface area contributed by atoms with Crippen LogP contribution in [0.4, 0.5) is 0 Å². The van der Waals surface area contributed by atoms with Crippen molar-refractivity contribution in [1.29, 1.82) is 0 Å². The van der Waals surface area contributed by atoms with Crippen LogP contribution in [-0.2, 0) is 4.79 Å². The predicted octanol–water partition coefficient (Wildman–Crippen LogP) is 4.96. The highest BCUT2D eigenvalue weighted by Crippen LogP contribution is 2.27. The number of carbonyl (C=O) groups is 1. The summed E-state index contributed by atoms with van der Waals surface area (Å²) in [6.45, 7) is 1.73. The number of hydrazone groups is 1. The number of nitrogens with zero attached hydrogens (tertiary/aromatic N) is 1. The number of amides is 1. The zero-order valence-electron chi connectivity index (χ0n) is 12.9. The first-order valence-electron chi connectivity index (χ1n) is 7.18. The minimum absolute atomic E-state index is 0.211. The quantitative estimate of drug-likeness (QED) is 0.564. The van der Waals surface area contributed by atoms with Crippen LogP contribution in [0.2, 0.25) is 15.1 Å². The van der Waals surface area contributed by atoms with Gasteiger partial charge in [-0.1, -0.05) is 53.9 Å². The Balaban J connectivity index is 1.95. The molecule has 0 radical (unpaired) electrons. The minimum Gasteiger partial charge on any atom is -0.482 e. The van der Waals surface area contributed by atoms with Crippen LogP contribution in [0.3, 0.4) is 0 Å². The molecule has 0 aliphatic carbocycles. The van der Waals surface area contributed by atoms with Crippen molar-refractivity contribution in [3.05, 3.63) is 63.1 Å². The summed E-state index contributed by atoms with van der Waals surface area (Å²) in [7, 11) is 0. The maximum atomic E-state index is 11.9. The number of rotatable bonds is 6. The van der Waals surface area contributed by atoms with Crippen LogP contribution >= 0.6 is 34.8 Å². The molecule has 2 aromatic carbocycles. The molecule has 0 spiro atoms. The molecule has 24 heavy (non-hydrogen) atoms. The van der Waals surface area contributed by atoms with Gasteiger partial charge in [-0.25, -0.2) is 5.43 Å². The highest BCUT2D eigenvalue weighted by molar-refractivity contribution is 6.35. The number of benzene rings is 2. The normalized spacial score (nSPS) is 11.2. The number of halogens is 3. The van der Waals surface area contributed by atoms with E-state index in [2.05, 4.69) is 10.5 Å². The number of hydrogen-bond acceptors (Lipinski definition) is 3. The van der Waals surface area contributed by atoms with Crippen LogP contribution in [0.25, 0.3) is 0 Å². The second kappa shape index (κ2) is 8.92. The molecular formula is C17H15Cl3N2O2. The molecule has 7 heteroatoms. The third-order valence-electron chi connectivity index (χ3n) is 3.06. The Hall–Kier alpha value is -1.75. The Bertz CT molecular complexity index is 763. The summed E-state index contributed by atoms with van der Waals surface area (Å²) in [6, 6.07) is 12.1. The van der Waals surface area contributed by atoms with Crippen molar-refractivity contribution in [2.45, 2.75) is 13.3 Å². The van der Waals surface area contributed by atoms with E-state index in [0.717, 1.165) is 11.3 Å². The van der Waals surface area contributed by atoms with Gasteiger partial charge in [0.2, 0.25) is 0 Å². The molecule has 0 heterocycles. The lowest BCUT2D eigenvalue weighted by molar-refractivity contribution is -0.123. The van der Waals surface area contributed by atoms with Crippen LogP contribution in [-0.4, -0.2) is 18.2 Å². The lowest BCUT2D eigenvalue weighted by Crippen LogP contribution is -2.26. The lowest BCUT2D eigenvalue weighted by Gasteiger charge is -2.08. The van der Waals surface area contributed by atoms with Crippen LogP contribution in [0, 0.1) is 0 Å². The van der Waals surface area contributed by atoms with E-state index < -0.39 is 5.91 Å². The molecule has 4 nitrogen and oxygen atoms in total. The SMILES string of the molecule is CC/C(=N\NC(=O)COc1ccc(Cl)cc1Cl)c1cccc(Cl)c1. The van der Waals surface area contributed by atoms with Crippen molar-refractivity contribution < 1.29 is 9.53 Å². The summed E-state index contributed by atoms with van der Waals surface area (Å²) in [5.41, 5.74) is 4.04. The first kappa shape index (κ1) is 18.6. The van der Waals surface area contributed by atoms with Gasteiger partial charge in [-0.3, -0.25) is 4.79 Å². The fourth-order valence-corrected chi connectivity index (χ4v) is 2.57. The van der Waals surface area contributed by atoms with Gasteiger partial charge in [-0.2, -0.15) is 5.10 Å². The smallest absolute Gasteiger partial charge is 0.277 e. The van der Waals surface area contributed by atoms with E-state index in [9.17, 15) is 4.79 Å². The van der Waals surface area contributed by atoms with Crippen molar-refractivity contribution >= 4 is 46.4 Å². The molecule has 0 bridgehead atoms. The van der Waals surface area contributed by atoms with E-state index in [1.165, 1.54) is 0 Å². The Morgan fingerprint density at radius 2 is 1.88 bits per heavy atom. The molecule has 0 saturated carbocycles. The van der Waals surface area contributed by atoms with E-state index in [0.29, 0.717) is 27.2 Å². The maximum absolute atomic E-state index is 11.9. The maximum Gasteiger partial charge on any atom is 0.277 e. The van der Waals surface area contributed by atoms with Gasteiger partial charge in [-0.05, 0) is 42.3 Å². The van der Waals surface area contributed by atoms with Crippen LogP contribution in [0.5, 0.6) is 5.75 Å². The van der Waals surface area contributed by atoms with E-state index in [1.807, 2.05) is 19.1 Å². The molecule has 2 rings (SSSR count). The molecule has 0 fully saturated rings. The first-order valence-corrected chi connectivity index (χ1v) is 8.32. The van der Waals surface area contributed by atoms with Crippen LogP contribution in [0.15, 0.2) is 47.6 Å². The molecule has 0 aliphatic rings. The van der Waals surface area contributed by atoms with Gasteiger partial charge in [0.1, 0.15) is 5.75 Å². The van der Waals surface area contributed by atoms with Crippen molar-refractivity contribution in [2.24, 2.45) is 5.10 Å².